The van der Waals surface area contributed by atoms with E-state index >= 15 is 0 Å². The van der Waals surface area contributed by atoms with Gasteiger partial charge >= 0.3 is 5.97 Å². The van der Waals surface area contributed by atoms with Gasteiger partial charge < -0.3 is 14.4 Å². The monoisotopic (exact) mass is 430 g/mol. The molecule has 1 aliphatic rings. The van der Waals surface area contributed by atoms with Gasteiger partial charge in [0.1, 0.15) is 12.4 Å². The highest BCUT2D eigenvalue weighted by molar-refractivity contribution is 6.05. The van der Waals surface area contributed by atoms with Gasteiger partial charge in [0.15, 0.2) is 0 Å². The average molecular weight is 431 g/mol. The Morgan fingerprint density at radius 3 is 2.72 bits per heavy atom. The number of carbonyl (C=O) groups is 2. The smallest absolute Gasteiger partial charge is 0.339 e. The van der Waals surface area contributed by atoms with Crippen LogP contribution in [0.1, 0.15) is 43.1 Å². The van der Waals surface area contributed by atoms with E-state index in [4.69, 9.17) is 14.5 Å². The number of amides is 1. The number of esters is 1. The molecule has 4 rings (SSSR count). The van der Waals surface area contributed by atoms with Gasteiger partial charge in [0.25, 0.3) is 5.91 Å². The minimum Gasteiger partial charge on any atom is -0.497 e. The first kappa shape index (κ1) is 21.6. The normalized spacial score (nSPS) is 12.9. The van der Waals surface area contributed by atoms with Gasteiger partial charge in [0.2, 0.25) is 0 Å². The maximum atomic E-state index is 13.3. The molecule has 164 valence electrons. The molecule has 32 heavy (non-hydrogen) atoms. The Bertz CT molecular complexity index is 1230. The summed E-state index contributed by atoms with van der Waals surface area (Å²) in [5.41, 5.74) is 5.32. The van der Waals surface area contributed by atoms with Gasteiger partial charge in [-0.2, -0.15) is 0 Å². The van der Waals surface area contributed by atoms with Crippen LogP contribution in [0.4, 0.5) is 0 Å². The lowest BCUT2D eigenvalue weighted by atomic mass is 9.94. The van der Waals surface area contributed by atoms with Gasteiger partial charge in [-0.05, 0) is 49.7 Å². The van der Waals surface area contributed by atoms with E-state index < -0.39 is 5.97 Å². The summed E-state index contributed by atoms with van der Waals surface area (Å²) in [7, 11) is 1.60. The Kier molecular flexibility index (Phi) is 5.95. The van der Waals surface area contributed by atoms with Crippen molar-refractivity contribution in [3.05, 3.63) is 82.6 Å². The molecule has 0 fully saturated rings. The maximum Gasteiger partial charge on any atom is 0.339 e. The number of aromatic nitrogens is 1. The highest BCUT2D eigenvalue weighted by Gasteiger charge is 2.29. The number of benzene rings is 2. The molecule has 0 aliphatic carbocycles. The molecule has 2 heterocycles. The predicted octanol–water partition coefficient (Wildman–Crippen LogP) is 4.40. The number of carbonyl (C=O) groups excluding carboxylic acids is 2. The quantitative estimate of drug-likeness (QED) is 0.443. The summed E-state index contributed by atoms with van der Waals surface area (Å²) in [6, 6.07) is 11.3. The molecule has 1 aromatic heterocycles. The number of hydrogen-bond acceptors (Lipinski definition) is 5. The third-order valence-corrected chi connectivity index (χ3v) is 5.78. The Balaban J connectivity index is 1.76. The number of hydrogen-bond donors (Lipinski definition) is 0. The fourth-order valence-electron chi connectivity index (χ4n) is 4.14. The van der Waals surface area contributed by atoms with Crippen LogP contribution < -0.4 is 4.74 Å². The van der Waals surface area contributed by atoms with E-state index in [9.17, 15) is 9.59 Å². The lowest BCUT2D eigenvalue weighted by Gasteiger charge is -2.30. The minimum atomic E-state index is -0.422. The van der Waals surface area contributed by atoms with Crippen molar-refractivity contribution in [2.45, 2.75) is 26.8 Å². The molecular weight excluding hydrogens is 404 g/mol. The van der Waals surface area contributed by atoms with E-state index in [2.05, 4.69) is 6.58 Å². The van der Waals surface area contributed by atoms with Crippen molar-refractivity contribution in [2.75, 3.05) is 20.3 Å². The molecular formula is C26H26N2O4. The van der Waals surface area contributed by atoms with Crippen molar-refractivity contribution in [2.24, 2.45) is 0 Å². The molecule has 0 unspecified atom stereocenters. The Morgan fingerprint density at radius 2 is 2.00 bits per heavy atom. The molecule has 0 bridgehead atoms. The standard InChI is InChI=1S/C26H26N2O4/c1-5-12-32-26(30)24-20-13-16(2)6-9-22(20)27-23-10-11-28(15-21(23)24)25(29)19-8-7-18(31-4)14-17(19)3/h5-9,13-14H,1,10-12,15H2,2-4H3. The molecule has 6 nitrogen and oxygen atoms in total. The van der Waals surface area contributed by atoms with Crippen molar-refractivity contribution in [3.8, 4) is 5.75 Å². The second kappa shape index (κ2) is 8.83. The first-order valence-electron chi connectivity index (χ1n) is 10.6. The molecule has 1 aliphatic heterocycles. The molecule has 0 saturated carbocycles. The lowest BCUT2D eigenvalue weighted by Crippen LogP contribution is -2.37. The molecule has 0 radical (unpaired) electrons. The second-order valence-corrected chi connectivity index (χ2v) is 7.98. The third kappa shape index (κ3) is 3.96. The molecule has 0 N–H and O–H groups in total. The summed E-state index contributed by atoms with van der Waals surface area (Å²) in [5, 5.41) is 0.743. The van der Waals surface area contributed by atoms with Crippen LogP contribution in [0.15, 0.2) is 49.1 Å². The fraction of sp³-hybridized carbons (Fsp3) is 0.269. The highest BCUT2D eigenvalue weighted by Crippen LogP contribution is 2.30. The van der Waals surface area contributed by atoms with Crippen molar-refractivity contribution in [3.63, 3.8) is 0 Å². The van der Waals surface area contributed by atoms with Gasteiger partial charge in [-0.15, -0.1) is 0 Å². The van der Waals surface area contributed by atoms with Crippen LogP contribution in [0.3, 0.4) is 0 Å². The number of aryl methyl sites for hydroxylation is 2. The molecule has 0 saturated heterocycles. The second-order valence-electron chi connectivity index (χ2n) is 7.98. The van der Waals surface area contributed by atoms with Crippen molar-refractivity contribution >= 4 is 22.8 Å². The average Bonchev–Trinajstić information content (AvgIpc) is 2.80. The zero-order chi connectivity index (χ0) is 22.8. The predicted molar refractivity (Wildman–Crippen MR) is 123 cm³/mol. The molecule has 6 heteroatoms. The zero-order valence-electron chi connectivity index (χ0n) is 18.6. The fourth-order valence-corrected chi connectivity index (χ4v) is 4.14. The summed E-state index contributed by atoms with van der Waals surface area (Å²) >= 11 is 0. The van der Waals surface area contributed by atoms with E-state index in [1.54, 1.807) is 30.2 Å². The van der Waals surface area contributed by atoms with Crippen LogP contribution in [-0.4, -0.2) is 42.0 Å². The number of nitrogens with zero attached hydrogens (tertiary/aromatic N) is 2. The number of fused-ring (bicyclic) bond motifs is 2. The number of rotatable bonds is 5. The summed E-state index contributed by atoms with van der Waals surface area (Å²) in [6.45, 7) is 8.45. The van der Waals surface area contributed by atoms with Crippen LogP contribution >= 0.6 is 0 Å². The topological polar surface area (TPSA) is 68.7 Å². The SMILES string of the molecule is C=CCOC(=O)c1c2c(nc3ccc(C)cc13)CCN(C(=O)c1ccc(OC)cc1C)C2. The Labute approximate surface area is 187 Å². The molecule has 0 spiro atoms. The largest absolute Gasteiger partial charge is 0.497 e. The van der Waals surface area contributed by atoms with E-state index in [-0.39, 0.29) is 12.5 Å². The summed E-state index contributed by atoms with van der Waals surface area (Å²) in [6.07, 6.45) is 2.11. The number of ether oxygens (including phenoxy) is 2. The van der Waals surface area contributed by atoms with Crippen molar-refractivity contribution in [1.82, 2.24) is 9.88 Å². The Hall–Kier alpha value is -3.67. The van der Waals surface area contributed by atoms with E-state index in [0.29, 0.717) is 36.4 Å². The third-order valence-electron chi connectivity index (χ3n) is 5.78. The molecule has 0 atom stereocenters. The highest BCUT2D eigenvalue weighted by atomic mass is 16.5. The van der Waals surface area contributed by atoms with Gasteiger partial charge in [-0.1, -0.05) is 24.3 Å². The molecule has 1 amide bonds. The van der Waals surface area contributed by atoms with E-state index in [1.165, 1.54) is 0 Å². The number of methoxy groups -OCH3 is 1. The van der Waals surface area contributed by atoms with Crippen LogP contribution in [0.25, 0.3) is 10.9 Å². The van der Waals surface area contributed by atoms with Crippen LogP contribution in [0.2, 0.25) is 0 Å². The first-order valence-corrected chi connectivity index (χ1v) is 10.6. The maximum absolute atomic E-state index is 13.3. The summed E-state index contributed by atoms with van der Waals surface area (Å²) in [4.78, 5) is 33.0. The lowest BCUT2D eigenvalue weighted by molar-refractivity contribution is 0.0544. The van der Waals surface area contributed by atoms with Crippen molar-refractivity contribution in [1.29, 1.82) is 0 Å². The summed E-state index contributed by atoms with van der Waals surface area (Å²) in [5.74, 6) is 0.209. The van der Waals surface area contributed by atoms with Crippen LogP contribution in [-0.2, 0) is 17.7 Å². The zero-order valence-corrected chi connectivity index (χ0v) is 18.6. The van der Waals surface area contributed by atoms with Crippen molar-refractivity contribution < 1.29 is 19.1 Å². The van der Waals surface area contributed by atoms with Gasteiger partial charge in [-0.25, -0.2) is 4.79 Å². The Morgan fingerprint density at radius 1 is 1.19 bits per heavy atom. The van der Waals surface area contributed by atoms with Gasteiger partial charge in [0.05, 0.1) is 18.2 Å². The minimum absolute atomic E-state index is 0.0782. The van der Waals surface area contributed by atoms with Crippen LogP contribution in [0.5, 0.6) is 5.75 Å². The molecule has 3 aromatic rings. The number of pyridine rings is 1. The summed E-state index contributed by atoms with van der Waals surface area (Å²) < 4.78 is 10.7. The van der Waals surface area contributed by atoms with Gasteiger partial charge in [-0.3, -0.25) is 9.78 Å². The first-order chi connectivity index (χ1) is 15.4. The molecule has 2 aromatic carbocycles. The van der Waals surface area contributed by atoms with E-state index in [0.717, 1.165) is 33.3 Å². The van der Waals surface area contributed by atoms with E-state index in [1.807, 2.05) is 38.1 Å². The van der Waals surface area contributed by atoms with Gasteiger partial charge in [0, 0.05) is 41.7 Å². The van der Waals surface area contributed by atoms with Crippen LogP contribution in [0, 0.1) is 13.8 Å².